The summed E-state index contributed by atoms with van der Waals surface area (Å²) in [4.78, 5) is 31.1. The molecule has 2 atom stereocenters. The van der Waals surface area contributed by atoms with Crippen LogP contribution in [0.3, 0.4) is 0 Å². The molecule has 5 nitrogen and oxygen atoms in total. The highest BCUT2D eigenvalue weighted by molar-refractivity contribution is 6.30. The van der Waals surface area contributed by atoms with E-state index in [1.54, 1.807) is 4.90 Å². The van der Waals surface area contributed by atoms with Crippen LogP contribution in [0.25, 0.3) is 0 Å². The third-order valence-electron chi connectivity index (χ3n) is 4.81. The van der Waals surface area contributed by atoms with Gasteiger partial charge in [-0.1, -0.05) is 23.7 Å². The van der Waals surface area contributed by atoms with E-state index in [2.05, 4.69) is 4.90 Å². The second-order valence-corrected chi connectivity index (χ2v) is 7.32. The van der Waals surface area contributed by atoms with Crippen LogP contribution in [0, 0.1) is 5.92 Å². The number of nitrogens with zero attached hydrogens (tertiary/aromatic N) is 3. The molecule has 0 saturated carbocycles. The van der Waals surface area contributed by atoms with Crippen molar-refractivity contribution in [3.8, 4) is 0 Å². The van der Waals surface area contributed by atoms with E-state index in [1.807, 2.05) is 57.2 Å². The van der Waals surface area contributed by atoms with Crippen LogP contribution in [-0.2, 0) is 9.59 Å². The van der Waals surface area contributed by atoms with E-state index < -0.39 is 0 Å². The molecule has 1 aliphatic heterocycles. The summed E-state index contributed by atoms with van der Waals surface area (Å²) in [6.45, 7) is 4.02. The smallest absolute Gasteiger partial charge is 0.227 e. The number of rotatable bonds is 6. The van der Waals surface area contributed by atoms with E-state index in [4.69, 9.17) is 11.6 Å². The normalized spacial score (nSPS) is 20.9. The molecule has 0 unspecified atom stereocenters. The molecule has 0 N–H and O–H groups in total. The number of hydrogen-bond acceptors (Lipinski definition) is 3. The maximum Gasteiger partial charge on any atom is 0.227 e. The van der Waals surface area contributed by atoms with E-state index in [0.29, 0.717) is 31.0 Å². The van der Waals surface area contributed by atoms with Crippen LogP contribution in [0.1, 0.15) is 31.4 Å². The van der Waals surface area contributed by atoms with Gasteiger partial charge in [0.05, 0.1) is 12.0 Å². The molecule has 138 valence electrons. The Hall–Kier alpha value is -1.59. The minimum atomic E-state index is -0.251. The highest BCUT2D eigenvalue weighted by atomic mass is 35.5. The zero-order valence-corrected chi connectivity index (χ0v) is 16.3. The third-order valence-corrected chi connectivity index (χ3v) is 5.05. The number of halogens is 1. The Morgan fingerprint density at radius 3 is 2.60 bits per heavy atom. The Morgan fingerprint density at radius 2 is 2.00 bits per heavy atom. The molecule has 0 aliphatic carbocycles. The molecule has 1 aromatic rings. The average Bonchev–Trinajstić information content (AvgIpc) is 2.58. The minimum absolute atomic E-state index is 0.0952. The molecule has 1 heterocycles. The van der Waals surface area contributed by atoms with Crippen LogP contribution < -0.4 is 0 Å². The quantitative estimate of drug-likeness (QED) is 0.778. The summed E-state index contributed by atoms with van der Waals surface area (Å²) in [5.41, 5.74) is 0.932. The standard InChI is InChI=1S/C19H28ClN3O2/c1-5-23-17(24)10-9-16(19(25)22(4)12-11-21(2)3)18(23)14-7-6-8-15(20)13-14/h6-8,13,16,18H,5,9-12H2,1-4H3/t16-,18+/m1/s1. The average molecular weight is 366 g/mol. The molecule has 2 rings (SSSR count). The van der Waals surface area contributed by atoms with Gasteiger partial charge in [0, 0.05) is 38.1 Å². The number of likely N-dealkylation sites (tertiary alicyclic amines) is 1. The number of carbonyl (C=O) groups is 2. The van der Waals surface area contributed by atoms with Gasteiger partial charge in [-0.3, -0.25) is 9.59 Å². The van der Waals surface area contributed by atoms with Gasteiger partial charge in [0.2, 0.25) is 11.8 Å². The predicted octanol–water partition coefficient (Wildman–Crippen LogP) is 2.66. The van der Waals surface area contributed by atoms with E-state index in [1.165, 1.54) is 0 Å². The van der Waals surface area contributed by atoms with Crippen molar-refractivity contribution in [1.82, 2.24) is 14.7 Å². The van der Waals surface area contributed by atoms with Crippen molar-refractivity contribution in [3.63, 3.8) is 0 Å². The minimum Gasteiger partial charge on any atom is -0.344 e. The lowest BCUT2D eigenvalue weighted by Gasteiger charge is -2.41. The number of hydrogen-bond donors (Lipinski definition) is 0. The summed E-state index contributed by atoms with van der Waals surface area (Å²) < 4.78 is 0. The van der Waals surface area contributed by atoms with Crippen molar-refractivity contribution in [3.05, 3.63) is 34.9 Å². The largest absolute Gasteiger partial charge is 0.344 e. The van der Waals surface area contributed by atoms with E-state index >= 15 is 0 Å². The number of benzene rings is 1. The zero-order chi connectivity index (χ0) is 18.6. The highest BCUT2D eigenvalue weighted by Gasteiger charge is 2.40. The predicted molar refractivity (Wildman–Crippen MR) is 100 cm³/mol. The summed E-state index contributed by atoms with van der Waals surface area (Å²) in [5, 5.41) is 0.624. The van der Waals surface area contributed by atoms with E-state index in [0.717, 1.165) is 12.1 Å². The second-order valence-electron chi connectivity index (χ2n) is 6.89. The fourth-order valence-electron chi connectivity index (χ4n) is 3.43. The summed E-state index contributed by atoms with van der Waals surface area (Å²) >= 11 is 6.16. The van der Waals surface area contributed by atoms with Crippen LogP contribution in [-0.4, -0.2) is 67.3 Å². The van der Waals surface area contributed by atoms with Crippen molar-refractivity contribution in [2.45, 2.75) is 25.8 Å². The Balaban J connectivity index is 2.30. The number of piperidine rings is 1. The van der Waals surface area contributed by atoms with Crippen LogP contribution in [0.15, 0.2) is 24.3 Å². The monoisotopic (exact) mass is 365 g/mol. The first-order chi connectivity index (χ1) is 11.8. The fourth-order valence-corrected chi connectivity index (χ4v) is 3.63. The molecule has 25 heavy (non-hydrogen) atoms. The van der Waals surface area contributed by atoms with Gasteiger partial charge in [0.25, 0.3) is 0 Å². The molecule has 1 aliphatic rings. The summed E-state index contributed by atoms with van der Waals surface area (Å²) in [5.74, 6) is -0.0338. The molecule has 1 fully saturated rings. The Kier molecular flexibility index (Phi) is 6.85. The maximum atomic E-state index is 13.1. The number of carbonyl (C=O) groups excluding carboxylic acids is 2. The topological polar surface area (TPSA) is 43.9 Å². The number of likely N-dealkylation sites (N-methyl/N-ethyl adjacent to an activating group) is 2. The first-order valence-corrected chi connectivity index (χ1v) is 9.17. The van der Waals surface area contributed by atoms with Crippen LogP contribution >= 0.6 is 11.6 Å². The Morgan fingerprint density at radius 1 is 1.28 bits per heavy atom. The molecule has 0 bridgehead atoms. The molecule has 0 spiro atoms. The van der Waals surface area contributed by atoms with Gasteiger partial charge in [0.15, 0.2) is 0 Å². The van der Waals surface area contributed by atoms with Crippen molar-refractivity contribution < 1.29 is 9.59 Å². The van der Waals surface area contributed by atoms with Gasteiger partial charge in [-0.05, 0) is 45.1 Å². The molecule has 1 aromatic carbocycles. The molecule has 2 amide bonds. The lowest BCUT2D eigenvalue weighted by Crippen LogP contribution is -2.49. The van der Waals surface area contributed by atoms with E-state index in [-0.39, 0.29) is 23.8 Å². The lowest BCUT2D eigenvalue weighted by molar-refractivity contribution is -0.147. The van der Waals surface area contributed by atoms with Crippen LogP contribution in [0.2, 0.25) is 5.02 Å². The Labute approximate surface area is 155 Å². The van der Waals surface area contributed by atoms with Crippen LogP contribution in [0.5, 0.6) is 0 Å². The van der Waals surface area contributed by atoms with Gasteiger partial charge in [-0.2, -0.15) is 0 Å². The summed E-state index contributed by atoms with van der Waals surface area (Å²) in [7, 11) is 5.82. The maximum absolute atomic E-state index is 13.1. The SMILES string of the molecule is CCN1C(=O)CC[C@@H](C(=O)N(C)CCN(C)C)[C@@H]1c1cccc(Cl)c1. The Bertz CT molecular complexity index is 620. The van der Waals surface area contributed by atoms with Gasteiger partial charge < -0.3 is 14.7 Å². The van der Waals surface area contributed by atoms with E-state index in [9.17, 15) is 9.59 Å². The van der Waals surface area contributed by atoms with Crippen molar-refractivity contribution >= 4 is 23.4 Å². The first kappa shape index (κ1) is 19.7. The van der Waals surface area contributed by atoms with Crippen molar-refractivity contribution in [2.24, 2.45) is 5.92 Å². The molecular formula is C19H28ClN3O2. The van der Waals surface area contributed by atoms with Gasteiger partial charge in [0.1, 0.15) is 0 Å². The molecule has 0 radical (unpaired) electrons. The van der Waals surface area contributed by atoms with Gasteiger partial charge >= 0.3 is 0 Å². The fraction of sp³-hybridized carbons (Fsp3) is 0.579. The zero-order valence-electron chi connectivity index (χ0n) is 15.5. The van der Waals surface area contributed by atoms with Gasteiger partial charge in [-0.25, -0.2) is 0 Å². The van der Waals surface area contributed by atoms with Crippen molar-refractivity contribution in [2.75, 3.05) is 40.8 Å². The molecule has 0 aromatic heterocycles. The second kappa shape index (κ2) is 8.68. The molecule has 1 saturated heterocycles. The molecular weight excluding hydrogens is 338 g/mol. The summed E-state index contributed by atoms with van der Waals surface area (Å²) in [6, 6.07) is 7.26. The number of amides is 2. The van der Waals surface area contributed by atoms with Crippen LogP contribution in [0.4, 0.5) is 0 Å². The van der Waals surface area contributed by atoms with Crippen molar-refractivity contribution in [1.29, 1.82) is 0 Å². The highest BCUT2D eigenvalue weighted by Crippen LogP contribution is 2.38. The summed E-state index contributed by atoms with van der Waals surface area (Å²) in [6.07, 6.45) is 1.00. The first-order valence-electron chi connectivity index (χ1n) is 8.79. The molecule has 6 heteroatoms. The third kappa shape index (κ3) is 4.73. The lowest BCUT2D eigenvalue weighted by atomic mass is 9.83. The van der Waals surface area contributed by atoms with Gasteiger partial charge in [-0.15, -0.1) is 0 Å².